The van der Waals surface area contributed by atoms with Crippen molar-refractivity contribution in [3.05, 3.63) is 24.0 Å². The Bertz CT molecular complexity index is 435. The molecule has 1 aromatic rings. The number of rotatable bonds is 6. The van der Waals surface area contributed by atoms with Crippen molar-refractivity contribution in [2.75, 3.05) is 24.1 Å². The van der Waals surface area contributed by atoms with Gasteiger partial charge in [-0.25, -0.2) is 4.39 Å². The largest absolute Gasteiger partial charge is 0.399 e. The summed E-state index contributed by atoms with van der Waals surface area (Å²) < 4.78 is 13.4. The molecule has 0 fully saturated rings. The van der Waals surface area contributed by atoms with E-state index in [2.05, 4.69) is 31.0 Å². The van der Waals surface area contributed by atoms with Crippen molar-refractivity contribution >= 4 is 17.3 Å². The van der Waals surface area contributed by atoms with E-state index < -0.39 is 5.82 Å². The third kappa shape index (κ3) is 4.87. The molecule has 0 aliphatic rings. The fourth-order valence-corrected chi connectivity index (χ4v) is 1.88. The molecule has 1 amide bonds. The van der Waals surface area contributed by atoms with Gasteiger partial charge in [0.25, 0.3) is 0 Å². The van der Waals surface area contributed by atoms with Crippen LogP contribution in [0.3, 0.4) is 0 Å². The van der Waals surface area contributed by atoms with Crippen LogP contribution in [-0.2, 0) is 4.79 Å². The lowest BCUT2D eigenvalue weighted by atomic mass is 10.2. The summed E-state index contributed by atoms with van der Waals surface area (Å²) in [6, 6.07) is 4.52. The van der Waals surface area contributed by atoms with E-state index in [4.69, 9.17) is 5.73 Å². The lowest BCUT2D eigenvalue weighted by molar-refractivity contribution is -0.116. The highest BCUT2D eigenvalue weighted by molar-refractivity contribution is 5.91. The molecule has 0 aromatic heterocycles. The van der Waals surface area contributed by atoms with Crippen LogP contribution >= 0.6 is 0 Å². The van der Waals surface area contributed by atoms with E-state index in [1.54, 1.807) is 0 Å². The Balaban J connectivity index is 2.53. The molecule has 1 aromatic carbocycles. The number of nitrogens with one attached hydrogen (secondary N) is 1. The predicted octanol–water partition coefficient (Wildman–Crippen LogP) is 2.47. The lowest BCUT2D eigenvalue weighted by Gasteiger charge is -2.24. The van der Waals surface area contributed by atoms with Gasteiger partial charge >= 0.3 is 0 Å². The van der Waals surface area contributed by atoms with E-state index in [0.29, 0.717) is 24.7 Å². The third-order valence-electron chi connectivity index (χ3n) is 3.03. The number of nitrogens with two attached hydrogens (primary N) is 1. The zero-order valence-electron chi connectivity index (χ0n) is 11.7. The number of hydrogen-bond acceptors (Lipinski definition) is 3. The molecule has 0 unspecified atom stereocenters. The number of halogens is 1. The number of anilines is 2. The van der Waals surface area contributed by atoms with Gasteiger partial charge < -0.3 is 16.0 Å². The van der Waals surface area contributed by atoms with Gasteiger partial charge in [0.15, 0.2) is 0 Å². The smallest absolute Gasteiger partial charge is 0.225 e. The molecule has 0 spiro atoms. The molecule has 0 aliphatic heterocycles. The van der Waals surface area contributed by atoms with Crippen molar-refractivity contribution in [3.63, 3.8) is 0 Å². The van der Waals surface area contributed by atoms with Crippen molar-refractivity contribution in [2.45, 2.75) is 33.2 Å². The number of amides is 1. The number of nitrogens with zero attached hydrogens (tertiary/aromatic N) is 1. The van der Waals surface area contributed by atoms with Crippen LogP contribution in [0.15, 0.2) is 18.2 Å². The molecule has 19 heavy (non-hydrogen) atoms. The Morgan fingerprint density at radius 1 is 1.47 bits per heavy atom. The Morgan fingerprint density at radius 2 is 2.16 bits per heavy atom. The fourth-order valence-electron chi connectivity index (χ4n) is 1.88. The van der Waals surface area contributed by atoms with Crippen molar-refractivity contribution in [3.8, 4) is 0 Å². The summed E-state index contributed by atoms with van der Waals surface area (Å²) in [7, 11) is 0. The molecule has 0 saturated heterocycles. The van der Waals surface area contributed by atoms with Gasteiger partial charge in [0.1, 0.15) is 5.82 Å². The first-order valence-corrected chi connectivity index (χ1v) is 6.53. The van der Waals surface area contributed by atoms with Crippen LogP contribution in [-0.4, -0.2) is 29.9 Å². The molecular weight excluding hydrogens is 245 g/mol. The molecule has 0 bridgehead atoms. The highest BCUT2D eigenvalue weighted by atomic mass is 19.1. The summed E-state index contributed by atoms with van der Waals surface area (Å²) in [6.45, 7) is 7.76. The fraction of sp³-hybridized carbons (Fsp3) is 0.500. The average Bonchev–Trinajstić information content (AvgIpc) is 2.34. The molecular formula is C14H22FN3O. The second-order valence-electron chi connectivity index (χ2n) is 4.76. The number of nitrogen functional groups attached to an aromatic ring is 1. The van der Waals surface area contributed by atoms with Gasteiger partial charge in [-0.2, -0.15) is 0 Å². The van der Waals surface area contributed by atoms with Crippen LogP contribution in [0.25, 0.3) is 0 Å². The van der Waals surface area contributed by atoms with Crippen LogP contribution in [0.4, 0.5) is 15.8 Å². The third-order valence-corrected chi connectivity index (χ3v) is 3.03. The number of hydrogen-bond donors (Lipinski definition) is 2. The van der Waals surface area contributed by atoms with Crippen LogP contribution < -0.4 is 11.1 Å². The summed E-state index contributed by atoms with van der Waals surface area (Å²) in [6.07, 6.45) is 0.334. The zero-order valence-corrected chi connectivity index (χ0v) is 11.7. The summed E-state index contributed by atoms with van der Waals surface area (Å²) >= 11 is 0. The maximum atomic E-state index is 13.4. The number of benzene rings is 1. The monoisotopic (exact) mass is 267 g/mol. The van der Waals surface area contributed by atoms with E-state index in [1.165, 1.54) is 18.2 Å². The molecule has 0 atom stereocenters. The van der Waals surface area contributed by atoms with Crippen LogP contribution in [0.5, 0.6) is 0 Å². The Morgan fingerprint density at radius 3 is 2.74 bits per heavy atom. The van der Waals surface area contributed by atoms with Gasteiger partial charge in [0.2, 0.25) is 5.91 Å². The van der Waals surface area contributed by atoms with Gasteiger partial charge in [-0.1, -0.05) is 6.92 Å². The average molecular weight is 267 g/mol. The lowest BCUT2D eigenvalue weighted by Crippen LogP contribution is -2.33. The first-order valence-electron chi connectivity index (χ1n) is 6.53. The first kappa shape index (κ1) is 15.4. The maximum absolute atomic E-state index is 13.4. The highest BCUT2D eigenvalue weighted by Crippen LogP contribution is 2.17. The molecule has 0 aliphatic carbocycles. The standard InChI is InChI=1S/C14H22FN3O/c1-4-18(10(2)3)8-7-14(19)17-13-9-11(16)5-6-12(13)15/h5-6,9-10H,4,7-8,16H2,1-3H3,(H,17,19). The van der Waals surface area contributed by atoms with Gasteiger partial charge in [-0.3, -0.25) is 4.79 Å². The molecule has 0 saturated carbocycles. The van der Waals surface area contributed by atoms with Crippen LogP contribution in [0, 0.1) is 5.82 Å². The van der Waals surface area contributed by atoms with Crippen LogP contribution in [0.1, 0.15) is 27.2 Å². The van der Waals surface area contributed by atoms with Gasteiger partial charge in [0.05, 0.1) is 5.69 Å². The minimum atomic E-state index is -0.473. The van der Waals surface area contributed by atoms with Crippen molar-refractivity contribution in [1.29, 1.82) is 0 Å². The van der Waals surface area contributed by atoms with Gasteiger partial charge in [-0.05, 0) is 38.6 Å². The van der Waals surface area contributed by atoms with Crippen LogP contribution in [0.2, 0.25) is 0 Å². The summed E-state index contributed by atoms with van der Waals surface area (Å²) in [5.41, 5.74) is 6.12. The summed E-state index contributed by atoms with van der Waals surface area (Å²) in [5.74, 6) is -0.678. The molecule has 5 heteroatoms. The molecule has 106 valence electrons. The molecule has 0 heterocycles. The molecule has 4 nitrogen and oxygen atoms in total. The zero-order chi connectivity index (χ0) is 14.4. The Hall–Kier alpha value is -1.62. The van der Waals surface area contributed by atoms with Crippen molar-refractivity contribution < 1.29 is 9.18 Å². The second kappa shape index (κ2) is 7.09. The maximum Gasteiger partial charge on any atom is 0.225 e. The molecule has 0 radical (unpaired) electrons. The molecule has 1 rings (SSSR count). The second-order valence-corrected chi connectivity index (χ2v) is 4.76. The topological polar surface area (TPSA) is 58.4 Å². The van der Waals surface area contributed by atoms with Gasteiger partial charge in [0, 0.05) is 24.7 Å². The van der Waals surface area contributed by atoms with E-state index in [1.807, 2.05) is 0 Å². The van der Waals surface area contributed by atoms with E-state index in [0.717, 1.165) is 6.54 Å². The quantitative estimate of drug-likeness (QED) is 0.778. The SMILES string of the molecule is CCN(CCC(=O)Nc1cc(N)ccc1F)C(C)C. The predicted molar refractivity (Wildman–Crippen MR) is 76.4 cm³/mol. The summed E-state index contributed by atoms with van der Waals surface area (Å²) in [5, 5.41) is 2.55. The highest BCUT2D eigenvalue weighted by Gasteiger charge is 2.11. The minimum Gasteiger partial charge on any atom is -0.399 e. The number of carbonyl (C=O) groups excluding carboxylic acids is 1. The minimum absolute atomic E-state index is 0.137. The molecule has 3 N–H and O–H groups in total. The number of carbonyl (C=O) groups is 1. The normalized spacial score (nSPS) is 11.1. The Labute approximate surface area is 113 Å². The Kier molecular flexibility index (Phi) is 5.76. The van der Waals surface area contributed by atoms with Crippen molar-refractivity contribution in [1.82, 2.24) is 4.90 Å². The van der Waals surface area contributed by atoms with Crippen molar-refractivity contribution in [2.24, 2.45) is 0 Å². The van der Waals surface area contributed by atoms with E-state index >= 15 is 0 Å². The first-order chi connectivity index (χ1) is 8.93. The van der Waals surface area contributed by atoms with Gasteiger partial charge in [-0.15, -0.1) is 0 Å². The van der Waals surface area contributed by atoms with E-state index in [-0.39, 0.29) is 11.6 Å². The van der Waals surface area contributed by atoms with E-state index in [9.17, 15) is 9.18 Å². The summed E-state index contributed by atoms with van der Waals surface area (Å²) in [4.78, 5) is 13.9.